The fourth-order valence-corrected chi connectivity index (χ4v) is 4.22. The summed E-state index contributed by atoms with van der Waals surface area (Å²) in [5.74, 6) is 0.331. The van der Waals surface area contributed by atoms with Crippen molar-refractivity contribution in [3.8, 4) is 0 Å². The minimum atomic E-state index is -0.270. The lowest BCUT2D eigenvalue weighted by Crippen LogP contribution is -2.32. The summed E-state index contributed by atoms with van der Waals surface area (Å²) in [6.45, 7) is 0.947. The topological polar surface area (TPSA) is 20.3 Å². The van der Waals surface area contributed by atoms with E-state index in [1.807, 2.05) is 30.3 Å². The molecule has 3 rings (SSSR count). The fourth-order valence-electron chi connectivity index (χ4n) is 4.03. The highest BCUT2D eigenvalue weighted by molar-refractivity contribution is 6.32. The fraction of sp³-hybridized carbons (Fsp3) is 0.476. The molecule has 1 aromatic rings. The van der Waals surface area contributed by atoms with Gasteiger partial charge in [0.05, 0.1) is 5.41 Å². The Morgan fingerprint density at radius 2 is 2.00 bits per heavy atom. The first-order valence-corrected chi connectivity index (χ1v) is 9.25. The molecule has 0 heterocycles. The van der Waals surface area contributed by atoms with Crippen molar-refractivity contribution in [2.75, 3.05) is 20.6 Å². The van der Waals surface area contributed by atoms with Crippen LogP contribution in [-0.4, -0.2) is 31.3 Å². The first-order chi connectivity index (χ1) is 11.5. The van der Waals surface area contributed by atoms with Crippen LogP contribution >= 0.6 is 24.0 Å². The summed E-state index contributed by atoms with van der Waals surface area (Å²) < 4.78 is 0. The van der Waals surface area contributed by atoms with E-state index in [-0.39, 0.29) is 17.8 Å². The van der Waals surface area contributed by atoms with E-state index in [0.29, 0.717) is 10.8 Å². The Bertz CT molecular complexity index is 693. The van der Waals surface area contributed by atoms with Gasteiger partial charge in [0.25, 0.3) is 0 Å². The van der Waals surface area contributed by atoms with Crippen molar-refractivity contribution in [1.82, 2.24) is 4.90 Å². The van der Waals surface area contributed by atoms with E-state index in [9.17, 15) is 4.79 Å². The van der Waals surface area contributed by atoms with E-state index >= 15 is 0 Å². The molecule has 0 amide bonds. The number of carbonyl (C=O) groups excluding carboxylic acids is 1. The van der Waals surface area contributed by atoms with E-state index in [2.05, 4.69) is 25.1 Å². The van der Waals surface area contributed by atoms with Gasteiger partial charge in [0.1, 0.15) is 0 Å². The third-order valence-corrected chi connectivity index (χ3v) is 5.77. The molecule has 0 aromatic heterocycles. The second kappa shape index (κ2) is 8.53. The molecule has 25 heavy (non-hydrogen) atoms. The molecule has 0 radical (unpaired) electrons. The highest BCUT2D eigenvalue weighted by Gasteiger charge is 2.47. The molecule has 1 fully saturated rings. The van der Waals surface area contributed by atoms with Crippen LogP contribution in [0.15, 0.2) is 41.5 Å². The molecule has 136 valence electrons. The van der Waals surface area contributed by atoms with Crippen LogP contribution in [0, 0.1) is 5.41 Å². The number of halogens is 2. The zero-order chi connectivity index (χ0) is 17.2. The quantitative estimate of drug-likeness (QED) is 0.493. The Morgan fingerprint density at radius 3 is 2.64 bits per heavy atom. The third kappa shape index (κ3) is 4.19. The predicted molar refractivity (Wildman–Crippen MR) is 108 cm³/mol. The number of allylic oxidation sites excluding steroid dienone is 3. The van der Waals surface area contributed by atoms with Crippen LogP contribution in [0.3, 0.4) is 0 Å². The Kier molecular flexibility index (Phi) is 6.90. The molecular formula is C21H27Cl2NO. The second-order valence-electron chi connectivity index (χ2n) is 7.28. The first-order valence-electron chi connectivity index (χ1n) is 8.87. The maximum absolute atomic E-state index is 13.4. The standard InChI is InChI=1S/C21H26ClNO.ClH/c1-23(2)14-13-21(18-8-4-5-9-18)12-11-17(20(21)24)15-16-7-3-6-10-19(16)22;/h3,6-8,10,15H,4-5,9,11-14H2,1-2H3;1H/b17-15+;. The first kappa shape index (κ1) is 20.2. The number of benzene rings is 1. The number of hydrogen-bond acceptors (Lipinski definition) is 2. The van der Waals surface area contributed by atoms with Crippen LogP contribution in [0.5, 0.6) is 0 Å². The lowest BCUT2D eigenvalue weighted by Gasteiger charge is -2.30. The van der Waals surface area contributed by atoms with Gasteiger partial charge >= 0.3 is 0 Å². The lowest BCUT2D eigenvalue weighted by molar-refractivity contribution is -0.121. The van der Waals surface area contributed by atoms with Crippen molar-refractivity contribution in [2.45, 2.75) is 38.5 Å². The van der Waals surface area contributed by atoms with Gasteiger partial charge in [0, 0.05) is 5.02 Å². The predicted octanol–water partition coefficient (Wildman–Crippen LogP) is 5.56. The molecule has 0 spiro atoms. The Hall–Kier alpha value is -1.09. The van der Waals surface area contributed by atoms with Gasteiger partial charge in [-0.3, -0.25) is 4.79 Å². The smallest absolute Gasteiger partial charge is 0.169 e. The van der Waals surface area contributed by atoms with Crippen LogP contribution in [0.1, 0.15) is 44.1 Å². The van der Waals surface area contributed by atoms with Gasteiger partial charge in [-0.15, -0.1) is 12.4 Å². The van der Waals surface area contributed by atoms with Gasteiger partial charge in [-0.2, -0.15) is 0 Å². The van der Waals surface area contributed by atoms with Crippen LogP contribution in [0.4, 0.5) is 0 Å². The van der Waals surface area contributed by atoms with E-state index in [1.54, 1.807) is 0 Å². The molecule has 2 aliphatic rings. The van der Waals surface area contributed by atoms with Crippen molar-refractivity contribution in [1.29, 1.82) is 0 Å². The lowest BCUT2D eigenvalue weighted by atomic mass is 9.74. The van der Waals surface area contributed by atoms with Crippen LogP contribution in [0.2, 0.25) is 5.02 Å². The zero-order valence-electron chi connectivity index (χ0n) is 15.1. The summed E-state index contributed by atoms with van der Waals surface area (Å²) in [5, 5.41) is 0.712. The van der Waals surface area contributed by atoms with E-state index in [4.69, 9.17) is 11.6 Å². The summed E-state index contributed by atoms with van der Waals surface area (Å²) in [6.07, 6.45) is 10.5. The van der Waals surface area contributed by atoms with E-state index < -0.39 is 0 Å². The van der Waals surface area contributed by atoms with Gasteiger partial charge < -0.3 is 4.90 Å². The highest BCUT2D eigenvalue weighted by Crippen LogP contribution is 2.50. The molecule has 1 aromatic carbocycles. The summed E-state index contributed by atoms with van der Waals surface area (Å²) >= 11 is 6.28. The summed E-state index contributed by atoms with van der Waals surface area (Å²) in [5.41, 5.74) is 3.01. The molecule has 2 aliphatic carbocycles. The molecule has 1 unspecified atom stereocenters. The number of carbonyl (C=O) groups is 1. The molecule has 2 nitrogen and oxygen atoms in total. The van der Waals surface area contributed by atoms with E-state index in [1.165, 1.54) is 12.0 Å². The number of hydrogen-bond donors (Lipinski definition) is 0. The van der Waals surface area contributed by atoms with Crippen LogP contribution in [0.25, 0.3) is 6.08 Å². The average Bonchev–Trinajstić information content (AvgIpc) is 3.18. The Balaban J connectivity index is 0.00000225. The minimum absolute atomic E-state index is 0. The molecule has 1 atom stereocenters. The maximum Gasteiger partial charge on any atom is 0.169 e. The molecule has 1 saturated carbocycles. The number of nitrogens with zero attached hydrogens (tertiary/aromatic N) is 1. The number of rotatable bonds is 5. The molecule has 0 aliphatic heterocycles. The summed E-state index contributed by atoms with van der Waals surface area (Å²) in [7, 11) is 4.16. The van der Waals surface area contributed by atoms with Crippen LogP contribution < -0.4 is 0 Å². The van der Waals surface area contributed by atoms with Gasteiger partial charge in [-0.05, 0) is 82.4 Å². The Labute approximate surface area is 162 Å². The molecule has 4 heteroatoms. The van der Waals surface area contributed by atoms with E-state index in [0.717, 1.165) is 49.8 Å². The molecule has 0 N–H and O–H groups in total. The number of ketones is 1. The summed E-state index contributed by atoms with van der Waals surface area (Å²) in [6, 6.07) is 7.76. The van der Waals surface area contributed by atoms with Gasteiger partial charge in [-0.1, -0.05) is 41.4 Å². The highest BCUT2D eigenvalue weighted by atomic mass is 35.5. The van der Waals surface area contributed by atoms with Gasteiger partial charge in [0.15, 0.2) is 5.78 Å². The molecular weight excluding hydrogens is 353 g/mol. The average molecular weight is 380 g/mol. The Morgan fingerprint density at radius 1 is 1.24 bits per heavy atom. The maximum atomic E-state index is 13.4. The largest absolute Gasteiger partial charge is 0.309 e. The van der Waals surface area contributed by atoms with Gasteiger partial charge in [0.2, 0.25) is 0 Å². The van der Waals surface area contributed by atoms with Gasteiger partial charge in [-0.25, -0.2) is 0 Å². The van der Waals surface area contributed by atoms with Crippen LogP contribution in [-0.2, 0) is 4.79 Å². The second-order valence-corrected chi connectivity index (χ2v) is 7.68. The summed E-state index contributed by atoms with van der Waals surface area (Å²) in [4.78, 5) is 15.6. The van der Waals surface area contributed by atoms with Crippen molar-refractivity contribution in [3.05, 3.63) is 52.1 Å². The molecule has 0 bridgehead atoms. The monoisotopic (exact) mass is 379 g/mol. The third-order valence-electron chi connectivity index (χ3n) is 5.42. The van der Waals surface area contributed by atoms with Crippen molar-refractivity contribution < 1.29 is 4.79 Å². The minimum Gasteiger partial charge on any atom is -0.309 e. The normalized spacial score (nSPS) is 24.7. The van der Waals surface area contributed by atoms with Crippen molar-refractivity contribution in [2.24, 2.45) is 5.41 Å². The zero-order valence-corrected chi connectivity index (χ0v) is 16.6. The SMILES string of the molecule is CN(C)CCC1(C2=CCCC2)CC/C(=C\c2ccccc2Cl)C1=O.Cl. The number of Topliss-reactive ketones (excluding diaryl/α,β-unsaturated/α-hetero) is 1. The molecule has 0 saturated heterocycles. The van der Waals surface area contributed by atoms with Crippen molar-refractivity contribution in [3.63, 3.8) is 0 Å². The van der Waals surface area contributed by atoms with Crippen molar-refractivity contribution >= 4 is 35.9 Å².